The minimum absolute atomic E-state index is 0.105. The van der Waals surface area contributed by atoms with Crippen molar-refractivity contribution in [2.45, 2.75) is 37.1 Å². The number of hydrogen-bond acceptors (Lipinski definition) is 2. The number of halogens is 1. The molecular weight excluding hydrogens is 246 g/mol. The molecule has 0 aromatic heterocycles. The summed E-state index contributed by atoms with van der Waals surface area (Å²) in [5, 5.41) is 0. The summed E-state index contributed by atoms with van der Waals surface area (Å²) in [6.07, 6.45) is 2.42. The Morgan fingerprint density at radius 1 is 1.64 bits per heavy atom. The van der Waals surface area contributed by atoms with E-state index in [1.54, 1.807) is 4.90 Å². The second-order valence-electron chi connectivity index (χ2n) is 4.29. The lowest BCUT2D eigenvalue weighted by Gasteiger charge is -2.26. The standard InChI is InChI=1S/C10H18BrNO2/c1-10(2,11)9(13)12(3)7-8-5-4-6-14-8/h8H,4-7H2,1-3H3. The van der Waals surface area contributed by atoms with Crippen molar-refractivity contribution in [3.05, 3.63) is 0 Å². The van der Waals surface area contributed by atoms with Crippen LogP contribution in [0.3, 0.4) is 0 Å². The summed E-state index contributed by atoms with van der Waals surface area (Å²) in [7, 11) is 1.83. The largest absolute Gasteiger partial charge is 0.376 e. The summed E-state index contributed by atoms with van der Waals surface area (Å²) in [5.74, 6) is 0.105. The number of ether oxygens (including phenoxy) is 1. The van der Waals surface area contributed by atoms with Crippen LogP contribution in [0.5, 0.6) is 0 Å². The van der Waals surface area contributed by atoms with Crippen molar-refractivity contribution in [3.8, 4) is 0 Å². The van der Waals surface area contributed by atoms with Gasteiger partial charge in [-0.25, -0.2) is 0 Å². The van der Waals surface area contributed by atoms with Crippen LogP contribution in [0.4, 0.5) is 0 Å². The molecule has 1 aliphatic heterocycles. The number of amides is 1. The van der Waals surface area contributed by atoms with Gasteiger partial charge in [0.2, 0.25) is 5.91 Å². The number of likely N-dealkylation sites (N-methyl/N-ethyl adjacent to an activating group) is 1. The number of hydrogen-bond donors (Lipinski definition) is 0. The smallest absolute Gasteiger partial charge is 0.238 e. The topological polar surface area (TPSA) is 29.5 Å². The predicted octanol–water partition coefficient (Wildman–Crippen LogP) is 1.80. The Morgan fingerprint density at radius 2 is 2.29 bits per heavy atom. The van der Waals surface area contributed by atoms with Crippen LogP contribution in [0, 0.1) is 0 Å². The van der Waals surface area contributed by atoms with E-state index in [9.17, 15) is 4.79 Å². The van der Waals surface area contributed by atoms with E-state index in [0.29, 0.717) is 6.54 Å². The second-order valence-corrected chi connectivity index (χ2v) is 6.28. The zero-order valence-electron chi connectivity index (χ0n) is 9.05. The first kappa shape index (κ1) is 12.0. The lowest BCUT2D eigenvalue weighted by molar-refractivity contribution is -0.132. The van der Waals surface area contributed by atoms with Crippen molar-refractivity contribution in [1.29, 1.82) is 0 Å². The lowest BCUT2D eigenvalue weighted by Crippen LogP contribution is -2.42. The minimum atomic E-state index is -0.472. The summed E-state index contributed by atoms with van der Waals surface area (Å²) in [6.45, 7) is 5.26. The van der Waals surface area contributed by atoms with E-state index in [1.165, 1.54) is 0 Å². The first-order valence-electron chi connectivity index (χ1n) is 4.97. The molecule has 1 heterocycles. The molecule has 1 unspecified atom stereocenters. The molecule has 0 aliphatic carbocycles. The van der Waals surface area contributed by atoms with Crippen LogP contribution >= 0.6 is 15.9 Å². The SMILES string of the molecule is CN(CC1CCCO1)C(=O)C(C)(C)Br. The first-order chi connectivity index (χ1) is 6.41. The van der Waals surface area contributed by atoms with Crippen LogP contribution in [-0.2, 0) is 9.53 Å². The van der Waals surface area contributed by atoms with Gasteiger partial charge in [-0.3, -0.25) is 4.79 Å². The van der Waals surface area contributed by atoms with Gasteiger partial charge in [0.1, 0.15) is 0 Å². The van der Waals surface area contributed by atoms with Gasteiger partial charge in [-0.1, -0.05) is 15.9 Å². The normalized spacial score (nSPS) is 22.4. The summed E-state index contributed by atoms with van der Waals surface area (Å²) >= 11 is 3.36. The van der Waals surface area contributed by atoms with Crippen molar-refractivity contribution >= 4 is 21.8 Å². The van der Waals surface area contributed by atoms with E-state index >= 15 is 0 Å². The molecule has 0 spiro atoms. The molecule has 1 aliphatic rings. The van der Waals surface area contributed by atoms with E-state index in [1.807, 2.05) is 20.9 Å². The maximum Gasteiger partial charge on any atom is 0.238 e. The van der Waals surface area contributed by atoms with Crippen molar-refractivity contribution in [2.75, 3.05) is 20.2 Å². The van der Waals surface area contributed by atoms with Crippen LogP contribution in [-0.4, -0.2) is 41.4 Å². The predicted molar refractivity (Wildman–Crippen MR) is 59.6 cm³/mol. The number of carbonyl (C=O) groups is 1. The number of carbonyl (C=O) groups excluding carboxylic acids is 1. The van der Waals surface area contributed by atoms with Gasteiger partial charge in [0.05, 0.1) is 10.4 Å². The molecule has 14 heavy (non-hydrogen) atoms. The fraction of sp³-hybridized carbons (Fsp3) is 0.900. The average molecular weight is 264 g/mol. The highest BCUT2D eigenvalue weighted by Gasteiger charge is 2.29. The Labute approximate surface area is 93.9 Å². The molecule has 0 aromatic carbocycles. The first-order valence-corrected chi connectivity index (χ1v) is 5.76. The molecule has 0 bridgehead atoms. The Hall–Kier alpha value is -0.0900. The van der Waals surface area contributed by atoms with Gasteiger partial charge in [-0.15, -0.1) is 0 Å². The van der Waals surface area contributed by atoms with Crippen molar-refractivity contribution in [3.63, 3.8) is 0 Å². The molecular formula is C10H18BrNO2. The molecule has 0 radical (unpaired) electrons. The van der Waals surface area contributed by atoms with Crippen molar-refractivity contribution in [2.24, 2.45) is 0 Å². The summed E-state index contributed by atoms with van der Waals surface area (Å²) < 4.78 is 5.01. The van der Waals surface area contributed by atoms with Crippen LogP contribution in [0.2, 0.25) is 0 Å². The third-order valence-corrected chi connectivity index (χ3v) is 2.70. The van der Waals surface area contributed by atoms with Gasteiger partial charge >= 0.3 is 0 Å². The van der Waals surface area contributed by atoms with Gasteiger partial charge in [-0.2, -0.15) is 0 Å². The van der Waals surface area contributed by atoms with Crippen molar-refractivity contribution in [1.82, 2.24) is 4.90 Å². The van der Waals surface area contributed by atoms with E-state index in [-0.39, 0.29) is 12.0 Å². The summed E-state index contributed by atoms with van der Waals surface area (Å²) in [4.78, 5) is 13.5. The van der Waals surface area contributed by atoms with Crippen LogP contribution in [0.1, 0.15) is 26.7 Å². The number of rotatable bonds is 3. The molecule has 1 atom stereocenters. The maximum atomic E-state index is 11.8. The quantitative estimate of drug-likeness (QED) is 0.727. The molecule has 1 rings (SSSR count). The Bertz CT molecular complexity index is 207. The average Bonchev–Trinajstić information content (AvgIpc) is 2.53. The molecule has 1 amide bonds. The molecule has 0 N–H and O–H groups in total. The highest BCUT2D eigenvalue weighted by Crippen LogP contribution is 2.20. The Balaban J connectivity index is 2.41. The highest BCUT2D eigenvalue weighted by atomic mass is 79.9. The maximum absolute atomic E-state index is 11.8. The van der Waals surface area contributed by atoms with E-state index < -0.39 is 4.32 Å². The highest BCUT2D eigenvalue weighted by molar-refractivity contribution is 9.10. The number of nitrogens with zero attached hydrogens (tertiary/aromatic N) is 1. The fourth-order valence-electron chi connectivity index (χ4n) is 1.63. The zero-order valence-corrected chi connectivity index (χ0v) is 10.6. The number of alkyl halides is 1. The van der Waals surface area contributed by atoms with Gasteiger partial charge in [-0.05, 0) is 26.7 Å². The monoisotopic (exact) mass is 263 g/mol. The molecule has 82 valence electrons. The lowest BCUT2D eigenvalue weighted by atomic mass is 10.1. The summed E-state index contributed by atoms with van der Waals surface area (Å²) in [5.41, 5.74) is 0. The fourth-order valence-corrected chi connectivity index (χ4v) is 1.93. The molecule has 0 saturated carbocycles. The van der Waals surface area contributed by atoms with Gasteiger partial charge in [0, 0.05) is 20.2 Å². The molecule has 1 fully saturated rings. The zero-order chi connectivity index (χ0) is 10.8. The van der Waals surface area contributed by atoms with Crippen LogP contribution < -0.4 is 0 Å². The van der Waals surface area contributed by atoms with Gasteiger partial charge in [0.15, 0.2) is 0 Å². The van der Waals surface area contributed by atoms with Gasteiger partial charge < -0.3 is 9.64 Å². The third kappa shape index (κ3) is 3.24. The van der Waals surface area contributed by atoms with E-state index in [4.69, 9.17) is 4.74 Å². The molecule has 3 nitrogen and oxygen atoms in total. The van der Waals surface area contributed by atoms with E-state index in [2.05, 4.69) is 15.9 Å². The second kappa shape index (κ2) is 4.62. The third-order valence-electron chi connectivity index (χ3n) is 2.36. The van der Waals surface area contributed by atoms with Gasteiger partial charge in [0.25, 0.3) is 0 Å². The van der Waals surface area contributed by atoms with Crippen molar-refractivity contribution < 1.29 is 9.53 Å². The summed E-state index contributed by atoms with van der Waals surface area (Å²) in [6, 6.07) is 0. The van der Waals surface area contributed by atoms with Crippen LogP contribution in [0.15, 0.2) is 0 Å². The van der Waals surface area contributed by atoms with Crippen LogP contribution in [0.25, 0.3) is 0 Å². The molecule has 0 aromatic rings. The molecule has 1 saturated heterocycles. The molecule has 4 heteroatoms. The Kier molecular flexibility index (Phi) is 3.95. The minimum Gasteiger partial charge on any atom is -0.376 e. The Morgan fingerprint density at radius 3 is 2.71 bits per heavy atom. The van der Waals surface area contributed by atoms with E-state index in [0.717, 1.165) is 19.4 Å².